The first-order chi connectivity index (χ1) is 9.27. The number of methoxy groups -OCH3 is 1. The Morgan fingerprint density at radius 1 is 1.37 bits per heavy atom. The molecule has 0 heterocycles. The zero-order valence-corrected chi connectivity index (χ0v) is 11.7. The first-order valence-corrected chi connectivity index (χ1v) is 6.74. The molecule has 0 radical (unpaired) electrons. The second-order valence-electron chi connectivity index (χ2n) is 4.33. The van der Waals surface area contributed by atoms with Gasteiger partial charge in [-0.25, -0.2) is 5.43 Å². The van der Waals surface area contributed by atoms with Gasteiger partial charge in [-0.2, -0.15) is 5.10 Å². The van der Waals surface area contributed by atoms with Crippen LogP contribution in [-0.2, 0) is 0 Å². The fourth-order valence-electron chi connectivity index (χ4n) is 1.66. The highest BCUT2D eigenvalue weighted by atomic mass is 16.5. The third-order valence-electron chi connectivity index (χ3n) is 2.78. The molecular formula is C15H22N2O2. The minimum Gasteiger partial charge on any atom is -0.497 e. The summed E-state index contributed by atoms with van der Waals surface area (Å²) in [4.78, 5) is 11.8. The number of benzene rings is 1. The van der Waals surface area contributed by atoms with E-state index in [1.54, 1.807) is 37.6 Å². The molecule has 0 saturated heterocycles. The molecule has 1 N–H and O–H groups in total. The predicted molar refractivity (Wildman–Crippen MR) is 77.7 cm³/mol. The van der Waals surface area contributed by atoms with Crippen LogP contribution in [0.15, 0.2) is 29.4 Å². The van der Waals surface area contributed by atoms with E-state index in [0.717, 1.165) is 12.8 Å². The quantitative estimate of drug-likeness (QED) is 0.443. The molecule has 0 aromatic heterocycles. The van der Waals surface area contributed by atoms with Gasteiger partial charge in [0.2, 0.25) is 0 Å². The SMILES string of the molecule is CCCCCC/C=N/NC(=O)c1cccc(OC)c1. The third-order valence-corrected chi connectivity index (χ3v) is 2.78. The van der Waals surface area contributed by atoms with E-state index in [2.05, 4.69) is 17.5 Å². The number of carbonyl (C=O) groups is 1. The van der Waals surface area contributed by atoms with E-state index < -0.39 is 0 Å². The highest BCUT2D eigenvalue weighted by Crippen LogP contribution is 2.12. The maximum Gasteiger partial charge on any atom is 0.271 e. The lowest BCUT2D eigenvalue weighted by Crippen LogP contribution is -2.17. The molecule has 1 rings (SSSR count). The Kier molecular flexibility index (Phi) is 7.32. The number of hydrogen-bond acceptors (Lipinski definition) is 3. The predicted octanol–water partition coefficient (Wildman–Crippen LogP) is 3.38. The molecule has 0 bridgehead atoms. The van der Waals surface area contributed by atoms with Gasteiger partial charge in [-0.1, -0.05) is 32.3 Å². The van der Waals surface area contributed by atoms with Crippen molar-refractivity contribution in [1.29, 1.82) is 0 Å². The Morgan fingerprint density at radius 2 is 2.21 bits per heavy atom. The van der Waals surface area contributed by atoms with Crippen molar-refractivity contribution in [1.82, 2.24) is 5.43 Å². The first kappa shape index (κ1) is 15.2. The van der Waals surface area contributed by atoms with Gasteiger partial charge >= 0.3 is 0 Å². The van der Waals surface area contributed by atoms with Crippen molar-refractivity contribution in [3.63, 3.8) is 0 Å². The van der Waals surface area contributed by atoms with E-state index in [9.17, 15) is 4.79 Å². The fourth-order valence-corrected chi connectivity index (χ4v) is 1.66. The van der Waals surface area contributed by atoms with E-state index in [0.29, 0.717) is 11.3 Å². The molecule has 1 aromatic carbocycles. The summed E-state index contributed by atoms with van der Waals surface area (Å²) in [5.74, 6) is 0.444. The van der Waals surface area contributed by atoms with Crippen molar-refractivity contribution in [2.24, 2.45) is 5.10 Å². The third kappa shape index (κ3) is 6.04. The summed E-state index contributed by atoms with van der Waals surface area (Å²) in [7, 11) is 1.57. The van der Waals surface area contributed by atoms with Gasteiger partial charge in [-0.15, -0.1) is 0 Å². The Labute approximate surface area is 114 Å². The van der Waals surface area contributed by atoms with Crippen LogP contribution in [0.2, 0.25) is 0 Å². The number of rotatable bonds is 8. The van der Waals surface area contributed by atoms with Gasteiger partial charge in [0.15, 0.2) is 0 Å². The van der Waals surface area contributed by atoms with Gasteiger partial charge < -0.3 is 4.74 Å². The molecule has 1 amide bonds. The fraction of sp³-hybridized carbons (Fsp3) is 0.467. The normalized spacial score (nSPS) is 10.6. The molecule has 0 aliphatic carbocycles. The number of ether oxygens (including phenoxy) is 1. The van der Waals surface area contributed by atoms with Gasteiger partial charge in [-0.3, -0.25) is 4.79 Å². The average Bonchev–Trinajstić information content (AvgIpc) is 2.46. The van der Waals surface area contributed by atoms with Crippen molar-refractivity contribution in [3.8, 4) is 5.75 Å². The summed E-state index contributed by atoms with van der Waals surface area (Å²) in [5, 5.41) is 3.94. The molecule has 0 saturated carbocycles. The van der Waals surface area contributed by atoms with Gasteiger partial charge in [0.1, 0.15) is 5.75 Å². The topological polar surface area (TPSA) is 50.7 Å². The second kappa shape index (κ2) is 9.14. The minimum atomic E-state index is -0.219. The van der Waals surface area contributed by atoms with Crippen molar-refractivity contribution in [2.75, 3.05) is 7.11 Å². The number of hydrazone groups is 1. The molecule has 0 unspecified atom stereocenters. The molecular weight excluding hydrogens is 240 g/mol. The first-order valence-electron chi connectivity index (χ1n) is 6.74. The summed E-state index contributed by atoms with van der Waals surface area (Å²) in [6.45, 7) is 2.18. The van der Waals surface area contributed by atoms with Crippen LogP contribution in [0, 0.1) is 0 Å². The number of unbranched alkanes of at least 4 members (excludes halogenated alkanes) is 4. The Morgan fingerprint density at radius 3 is 2.95 bits per heavy atom. The van der Waals surface area contributed by atoms with Gasteiger partial charge in [-0.05, 0) is 31.0 Å². The minimum absolute atomic E-state index is 0.219. The summed E-state index contributed by atoms with van der Waals surface area (Å²) in [6, 6.07) is 7.00. The van der Waals surface area contributed by atoms with Crippen molar-refractivity contribution in [3.05, 3.63) is 29.8 Å². The molecule has 0 atom stereocenters. The van der Waals surface area contributed by atoms with Crippen molar-refractivity contribution < 1.29 is 9.53 Å². The molecule has 0 spiro atoms. The maximum absolute atomic E-state index is 11.8. The van der Waals surface area contributed by atoms with Crippen LogP contribution in [0.25, 0.3) is 0 Å². The van der Waals surface area contributed by atoms with E-state index in [1.165, 1.54) is 19.3 Å². The lowest BCUT2D eigenvalue weighted by molar-refractivity contribution is 0.0954. The van der Waals surface area contributed by atoms with Crippen LogP contribution in [-0.4, -0.2) is 19.2 Å². The molecule has 0 aliphatic rings. The van der Waals surface area contributed by atoms with E-state index >= 15 is 0 Å². The smallest absolute Gasteiger partial charge is 0.271 e. The largest absolute Gasteiger partial charge is 0.497 e. The standard InChI is InChI=1S/C15H22N2O2/c1-3-4-5-6-7-11-16-17-15(18)13-9-8-10-14(12-13)19-2/h8-12H,3-7H2,1-2H3,(H,17,18)/b16-11+. The van der Waals surface area contributed by atoms with E-state index in [1.807, 2.05) is 0 Å². The lowest BCUT2D eigenvalue weighted by Gasteiger charge is -2.02. The van der Waals surface area contributed by atoms with Crippen LogP contribution in [0.3, 0.4) is 0 Å². The van der Waals surface area contributed by atoms with Crippen LogP contribution < -0.4 is 10.2 Å². The highest BCUT2D eigenvalue weighted by Gasteiger charge is 2.04. The van der Waals surface area contributed by atoms with Gasteiger partial charge in [0.05, 0.1) is 7.11 Å². The van der Waals surface area contributed by atoms with Crippen LogP contribution >= 0.6 is 0 Å². The van der Waals surface area contributed by atoms with Crippen molar-refractivity contribution >= 4 is 12.1 Å². The molecule has 4 heteroatoms. The molecule has 19 heavy (non-hydrogen) atoms. The summed E-state index contributed by atoms with van der Waals surface area (Å²) < 4.78 is 5.07. The number of nitrogens with one attached hydrogen (secondary N) is 1. The highest BCUT2D eigenvalue weighted by molar-refractivity contribution is 5.94. The zero-order chi connectivity index (χ0) is 13.9. The van der Waals surface area contributed by atoms with Gasteiger partial charge in [0.25, 0.3) is 5.91 Å². The van der Waals surface area contributed by atoms with Crippen LogP contribution in [0.1, 0.15) is 49.4 Å². The molecule has 1 aromatic rings. The molecule has 0 aliphatic heterocycles. The number of nitrogens with zero attached hydrogens (tertiary/aromatic N) is 1. The Hall–Kier alpha value is -1.84. The summed E-state index contributed by atoms with van der Waals surface area (Å²) in [6.07, 6.45) is 7.47. The number of carbonyl (C=O) groups excluding carboxylic acids is 1. The van der Waals surface area contributed by atoms with Crippen LogP contribution in [0.5, 0.6) is 5.75 Å². The number of hydrogen-bond donors (Lipinski definition) is 1. The maximum atomic E-state index is 11.8. The molecule has 104 valence electrons. The molecule has 4 nitrogen and oxygen atoms in total. The summed E-state index contributed by atoms with van der Waals surface area (Å²) in [5.41, 5.74) is 3.06. The monoisotopic (exact) mass is 262 g/mol. The molecule has 0 fully saturated rings. The Bertz CT molecular complexity index is 416. The zero-order valence-electron chi connectivity index (χ0n) is 11.7. The van der Waals surface area contributed by atoms with E-state index in [4.69, 9.17) is 4.74 Å². The van der Waals surface area contributed by atoms with Gasteiger partial charge in [0, 0.05) is 11.8 Å². The average molecular weight is 262 g/mol. The second-order valence-corrected chi connectivity index (χ2v) is 4.33. The Balaban J connectivity index is 2.32. The summed E-state index contributed by atoms with van der Waals surface area (Å²) >= 11 is 0. The van der Waals surface area contributed by atoms with Crippen molar-refractivity contribution in [2.45, 2.75) is 39.0 Å². The lowest BCUT2D eigenvalue weighted by atomic mass is 10.2. The van der Waals surface area contributed by atoms with Crippen LogP contribution in [0.4, 0.5) is 0 Å². The number of amides is 1. The van der Waals surface area contributed by atoms with E-state index in [-0.39, 0.29) is 5.91 Å².